The van der Waals surface area contributed by atoms with E-state index in [1.54, 1.807) is 0 Å². The van der Waals surface area contributed by atoms with Crippen LogP contribution in [0, 0.1) is 0 Å². The van der Waals surface area contributed by atoms with Crippen molar-refractivity contribution in [1.29, 1.82) is 0 Å². The molecule has 0 saturated carbocycles. The monoisotopic (exact) mass is 193 g/mol. The Labute approximate surface area is 78.0 Å². The van der Waals surface area contributed by atoms with Crippen molar-refractivity contribution in [3.63, 3.8) is 0 Å². The summed E-state index contributed by atoms with van der Waals surface area (Å²) in [5.41, 5.74) is 0. The zero-order chi connectivity index (χ0) is 10.3. The summed E-state index contributed by atoms with van der Waals surface area (Å²) in [6, 6.07) is -0.226. The minimum Gasteiger partial charge on any atom is -0.400 e. The van der Waals surface area contributed by atoms with Crippen molar-refractivity contribution >= 4 is 0 Å². The SMILES string of the molecule is CO.OCC1CCC(O)[C@@H](CO)N1. The van der Waals surface area contributed by atoms with E-state index >= 15 is 0 Å². The van der Waals surface area contributed by atoms with E-state index < -0.39 is 6.10 Å². The molecule has 3 atom stereocenters. The molecule has 0 aromatic carbocycles. The highest BCUT2D eigenvalue weighted by atomic mass is 16.3. The number of hydrogen-bond donors (Lipinski definition) is 5. The second-order valence-corrected chi connectivity index (χ2v) is 2.98. The Balaban J connectivity index is 0.000000671. The molecule has 0 amide bonds. The summed E-state index contributed by atoms with van der Waals surface area (Å²) >= 11 is 0. The number of aliphatic hydroxyl groups is 4. The van der Waals surface area contributed by atoms with Crippen molar-refractivity contribution in [2.45, 2.75) is 31.0 Å². The minimum atomic E-state index is -0.470. The van der Waals surface area contributed by atoms with Crippen LogP contribution < -0.4 is 5.32 Å². The third-order valence-electron chi connectivity index (χ3n) is 2.14. The molecule has 0 spiro atoms. The van der Waals surface area contributed by atoms with E-state index in [4.69, 9.17) is 15.3 Å². The number of hydrogen-bond acceptors (Lipinski definition) is 5. The van der Waals surface area contributed by atoms with Crippen molar-refractivity contribution in [2.24, 2.45) is 0 Å². The lowest BCUT2D eigenvalue weighted by molar-refractivity contribution is 0.0395. The van der Waals surface area contributed by atoms with E-state index in [9.17, 15) is 5.11 Å². The van der Waals surface area contributed by atoms with Crippen LogP contribution in [0.4, 0.5) is 0 Å². The fourth-order valence-electron chi connectivity index (χ4n) is 1.39. The predicted molar refractivity (Wildman–Crippen MR) is 48.3 cm³/mol. The molecule has 0 aromatic rings. The van der Waals surface area contributed by atoms with Gasteiger partial charge in [-0.05, 0) is 12.8 Å². The van der Waals surface area contributed by atoms with Crippen LogP contribution in [0.2, 0.25) is 0 Å². The zero-order valence-electron chi connectivity index (χ0n) is 7.85. The molecule has 0 aromatic heterocycles. The van der Waals surface area contributed by atoms with Crippen molar-refractivity contribution in [1.82, 2.24) is 5.32 Å². The molecule has 1 saturated heterocycles. The van der Waals surface area contributed by atoms with Crippen molar-refractivity contribution in [3.8, 4) is 0 Å². The molecule has 5 heteroatoms. The first-order valence-corrected chi connectivity index (χ1v) is 4.38. The van der Waals surface area contributed by atoms with Crippen LogP contribution in [0.15, 0.2) is 0 Å². The Kier molecular flexibility index (Phi) is 7.12. The molecule has 1 aliphatic rings. The van der Waals surface area contributed by atoms with Gasteiger partial charge in [0.05, 0.1) is 25.4 Å². The van der Waals surface area contributed by atoms with Crippen LogP contribution in [-0.2, 0) is 0 Å². The fraction of sp³-hybridized carbons (Fsp3) is 1.00. The first-order valence-electron chi connectivity index (χ1n) is 4.38. The van der Waals surface area contributed by atoms with E-state index in [0.717, 1.165) is 13.5 Å². The van der Waals surface area contributed by atoms with Gasteiger partial charge in [-0.3, -0.25) is 0 Å². The summed E-state index contributed by atoms with van der Waals surface area (Å²) in [7, 11) is 1.00. The fourth-order valence-corrected chi connectivity index (χ4v) is 1.39. The quantitative estimate of drug-likeness (QED) is 0.352. The van der Waals surface area contributed by atoms with Crippen LogP contribution >= 0.6 is 0 Å². The summed E-state index contributed by atoms with van der Waals surface area (Å²) in [6.45, 7) is 0.000880. The molecule has 1 aliphatic heterocycles. The molecule has 0 radical (unpaired) electrons. The minimum absolute atomic E-state index is 0.0375. The van der Waals surface area contributed by atoms with Gasteiger partial charge < -0.3 is 25.7 Å². The van der Waals surface area contributed by atoms with Gasteiger partial charge in [-0.25, -0.2) is 0 Å². The highest BCUT2D eigenvalue weighted by molar-refractivity contribution is 4.85. The van der Waals surface area contributed by atoms with Crippen LogP contribution in [0.25, 0.3) is 0 Å². The van der Waals surface area contributed by atoms with Gasteiger partial charge in [0.25, 0.3) is 0 Å². The van der Waals surface area contributed by atoms with Gasteiger partial charge in [0.2, 0.25) is 0 Å². The van der Waals surface area contributed by atoms with Gasteiger partial charge in [0.1, 0.15) is 0 Å². The normalized spacial score (nSPS) is 33.5. The third-order valence-corrected chi connectivity index (χ3v) is 2.14. The van der Waals surface area contributed by atoms with Gasteiger partial charge >= 0.3 is 0 Å². The van der Waals surface area contributed by atoms with Gasteiger partial charge in [-0.1, -0.05) is 0 Å². The second-order valence-electron chi connectivity index (χ2n) is 2.98. The number of rotatable bonds is 2. The topological polar surface area (TPSA) is 93.0 Å². The Hall–Kier alpha value is -0.200. The average molecular weight is 193 g/mol. The lowest BCUT2D eigenvalue weighted by Gasteiger charge is -2.32. The van der Waals surface area contributed by atoms with Gasteiger partial charge in [-0.15, -0.1) is 0 Å². The molecule has 0 bridgehead atoms. The maximum Gasteiger partial charge on any atom is 0.0716 e. The Morgan fingerprint density at radius 1 is 1.15 bits per heavy atom. The van der Waals surface area contributed by atoms with E-state index in [1.165, 1.54) is 0 Å². The van der Waals surface area contributed by atoms with Gasteiger partial charge in [0.15, 0.2) is 0 Å². The standard InChI is InChI=1S/C7H15NO3.CH4O/c9-3-5-1-2-7(11)6(4-10)8-5;1-2/h5-11H,1-4H2;2H,1H3/t5?,6-,7?;/m1./s1. The van der Waals surface area contributed by atoms with Gasteiger partial charge in [-0.2, -0.15) is 0 Å². The molecule has 2 unspecified atom stereocenters. The molecular formula is C8H19NO4. The maximum atomic E-state index is 9.28. The van der Waals surface area contributed by atoms with Crippen LogP contribution in [0.3, 0.4) is 0 Å². The smallest absolute Gasteiger partial charge is 0.0716 e. The molecule has 0 aliphatic carbocycles. The summed E-state index contributed by atoms with van der Waals surface area (Å²) in [5, 5.41) is 36.8. The van der Waals surface area contributed by atoms with Crippen molar-refractivity contribution in [3.05, 3.63) is 0 Å². The Bertz CT molecular complexity index is 123. The highest BCUT2D eigenvalue weighted by Gasteiger charge is 2.26. The number of aliphatic hydroxyl groups excluding tert-OH is 4. The van der Waals surface area contributed by atoms with Crippen LogP contribution in [0.1, 0.15) is 12.8 Å². The third kappa shape index (κ3) is 4.02. The molecular weight excluding hydrogens is 174 g/mol. The Morgan fingerprint density at radius 2 is 1.77 bits per heavy atom. The summed E-state index contributed by atoms with van der Waals surface area (Å²) in [4.78, 5) is 0. The van der Waals surface area contributed by atoms with E-state index in [-0.39, 0.29) is 25.3 Å². The summed E-state index contributed by atoms with van der Waals surface area (Å²) < 4.78 is 0. The van der Waals surface area contributed by atoms with Crippen molar-refractivity contribution in [2.75, 3.05) is 20.3 Å². The van der Waals surface area contributed by atoms with E-state index in [1.807, 2.05) is 0 Å². The maximum absolute atomic E-state index is 9.28. The lowest BCUT2D eigenvalue weighted by atomic mass is 9.97. The zero-order valence-corrected chi connectivity index (χ0v) is 7.85. The molecule has 13 heavy (non-hydrogen) atoms. The largest absolute Gasteiger partial charge is 0.400 e. The molecule has 1 fully saturated rings. The van der Waals surface area contributed by atoms with E-state index in [2.05, 4.69) is 5.32 Å². The number of nitrogens with one attached hydrogen (secondary N) is 1. The van der Waals surface area contributed by atoms with E-state index in [0.29, 0.717) is 6.42 Å². The first kappa shape index (κ1) is 12.8. The molecule has 1 rings (SSSR count). The predicted octanol–water partition coefficient (Wildman–Crippen LogP) is -1.94. The summed E-state index contributed by atoms with van der Waals surface area (Å²) in [6.07, 6.45) is 0.959. The molecule has 5 nitrogen and oxygen atoms in total. The number of piperidine rings is 1. The summed E-state index contributed by atoms with van der Waals surface area (Å²) in [5.74, 6) is 0. The lowest BCUT2D eigenvalue weighted by Crippen LogP contribution is -2.53. The Morgan fingerprint density at radius 3 is 2.23 bits per heavy atom. The molecule has 1 heterocycles. The molecule has 80 valence electrons. The average Bonchev–Trinajstić information content (AvgIpc) is 2.22. The highest BCUT2D eigenvalue weighted by Crippen LogP contribution is 2.12. The van der Waals surface area contributed by atoms with Crippen LogP contribution in [-0.4, -0.2) is 58.9 Å². The van der Waals surface area contributed by atoms with Gasteiger partial charge in [0, 0.05) is 13.2 Å². The molecule has 5 N–H and O–H groups in total. The first-order chi connectivity index (χ1) is 6.27. The second kappa shape index (κ2) is 7.23. The van der Waals surface area contributed by atoms with Crippen LogP contribution in [0.5, 0.6) is 0 Å². The van der Waals surface area contributed by atoms with Crippen molar-refractivity contribution < 1.29 is 20.4 Å².